The van der Waals surface area contributed by atoms with Crippen molar-refractivity contribution < 1.29 is 116 Å². The van der Waals surface area contributed by atoms with Gasteiger partial charge in [0.15, 0.2) is 37.7 Å². The summed E-state index contributed by atoms with van der Waals surface area (Å²) < 4.78 is 106. The number of carbonyl (C=O) groups is 1. The molecular formula is C61H96O24. The van der Waals surface area contributed by atoms with Crippen LogP contribution in [0.15, 0.2) is 28.4 Å². The molecule has 0 bridgehead atoms. The molecule has 6 N–H and O–H groups in total. The quantitative estimate of drug-likeness (QED) is 0.115. The number of rotatable bonds is 18. The highest BCUT2D eigenvalue weighted by atomic mass is 16.8. The van der Waals surface area contributed by atoms with Crippen LogP contribution in [0.3, 0.4) is 0 Å². The topological polar surface area (TPSA) is 299 Å². The molecule has 9 aliphatic rings. The average Bonchev–Trinajstić information content (AvgIpc) is 2.26. The first kappa shape index (κ1) is 65.8. The monoisotopic (exact) mass is 1210 g/mol. The van der Waals surface area contributed by atoms with Crippen molar-refractivity contribution in [2.45, 2.75) is 291 Å². The molecule has 1 aromatic rings. The number of hydrogen-bond donors (Lipinski definition) is 6. The SMILES string of the molecule is CO[C@H]1C[C@H](O[C@H]2[C@@H](O)C[C@H](O[C@@H]3[C@H](C)O[C@@H](O[C@H]4[C@@H](OC)C[C@H](O[C@@H]5CC6=CC[C@H]7C(=O)[C@@](C)(c8ccoc8C)CC[C@@H]7[C@@]6(C)C[C@H]5O)O[C@@H]4C)C[C@H]3OC)O[C@@H]2C)O[C@H](C)[C@H]1O[C@H]1C[C@@H](OC)[C@@H](O[C@@H]2O[C@H](CO)[C@@H](O)[C@H](O)[C@H]2O)[C@H](C)O1. The number of methoxy groups -OCH3 is 4. The average molecular weight is 1210 g/mol. The number of aliphatic hydroxyl groups is 6. The second kappa shape index (κ2) is 27.3. The number of hydrogen-bond acceptors (Lipinski definition) is 24. The summed E-state index contributed by atoms with van der Waals surface area (Å²) in [6.45, 7) is 14.8. The van der Waals surface area contributed by atoms with E-state index >= 15 is 0 Å². The van der Waals surface area contributed by atoms with Crippen LogP contribution in [0.1, 0.15) is 124 Å². The number of furan rings is 1. The first-order valence-electron chi connectivity index (χ1n) is 30.8. The van der Waals surface area contributed by atoms with Crippen LogP contribution in [0.2, 0.25) is 0 Å². The summed E-state index contributed by atoms with van der Waals surface area (Å²) in [5, 5.41) is 64.2. The molecule has 6 saturated heterocycles. The molecule has 85 heavy (non-hydrogen) atoms. The van der Waals surface area contributed by atoms with Gasteiger partial charge in [-0.15, -0.1) is 0 Å². The third kappa shape index (κ3) is 13.3. The summed E-state index contributed by atoms with van der Waals surface area (Å²) in [4.78, 5) is 14.3. The van der Waals surface area contributed by atoms with Gasteiger partial charge in [-0.3, -0.25) is 4.79 Å². The number of carbonyl (C=O) groups excluding carboxylic acids is 1. The number of ketones is 1. The third-order valence-electron chi connectivity index (χ3n) is 20.5. The zero-order valence-corrected chi connectivity index (χ0v) is 51.3. The molecule has 0 radical (unpaired) electrons. The number of aliphatic hydroxyl groups excluding tert-OH is 6. The van der Waals surface area contributed by atoms with Crippen LogP contribution >= 0.6 is 0 Å². The standard InChI is InChI=1S/C61H96O24/c1-27-35(16-18-73-27)60(7)17-15-36-34(58(60)68)14-13-33-19-39(38(64)25-61(33,36)8)79-46-21-40(69-9)55(29(3)75-46)83-48-23-42(71-11)54(30(4)77-48)82-45-20-37(63)53(28(2)74-45)81-47-22-41(70-10)56(31(5)76-47)84-49-24-43(72-12)57(32(6)78-49)85-59-52(67)51(66)50(65)44(26-62)80-59/h13,16,18,28-32,34,36-57,59,62-67H,14-15,17,19-26H2,1-12H3/t28-,29-,30+,31-,32+,34-,36+,37+,38-,39-,40+,41+,42-,43-,44-,45+,46+,47+,48+,49+,50-,51+,52-,53-,54-,55-,56-,57+,59+,60-,61+/m1/s1. The largest absolute Gasteiger partial charge is 0.469 e. The first-order chi connectivity index (χ1) is 40.5. The Labute approximate surface area is 498 Å². The molecule has 31 atom stereocenters. The van der Waals surface area contributed by atoms with Crippen LogP contribution in [0.5, 0.6) is 0 Å². The van der Waals surface area contributed by atoms with Crippen LogP contribution < -0.4 is 0 Å². The van der Waals surface area contributed by atoms with Crippen molar-refractivity contribution in [3.05, 3.63) is 35.3 Å². The van der Waals surface area contributed by atoms with E-state index in [1.54, 1.807) is 41.4 Å². The smallest absolute Gasteiger partial charge is 0.187 e. The first-order valence-corrected chi connectivity index (χ1v) is 30.8. The van der Waals surface area contributed by atoms with Crippen molar-refractivity contribution in [1.82, 2.24) is 0 Å². The molecule has 10 rings (SSSR count). The Morgan fingerprint density at radius 3 is 1.48 bits per heavy atom. The van der Waals surface area contributed by atoms with Gasteiger partial charge in [0.25, 0.3) is 0 Å². The highest BCUT2D eigenvalue weighted by molar-refractivity contribution is 5.93. The molecule has 7 heterocycles. The van der Waals surface area contributed by atoms with Crippen molar-refractivity contribution in [3.8, 4) is 0 Å². The Kier molecular flexibility index (Phi) is 21.1. The van der Waals surface area contributed by atoms with E-state index in [2.05, 4.69) is 19.9 Å². The van der Waals surface area contributed by atoms with Crippen LogP contribution in [0.4, 0.5) is 0 Å². The molecule has 24 heteroatoms. The Morgan fingerprint density at radius 2 is 1.02 bits per heavy atom. The second-order valence-electron chi connectivity index (χ2n) is 25.8. The molecule has 0 unspecified atom stereocenters. The lowest BCUT2D eigenvalue weighted by atomic mass is 9.49. The second-order valence-corrected chi connectivity index (χ2v) is 25.8. The van der Waals surface area contributed by atoms with Crippen LogP contribution in [-0.4, -0.2) is 237 Å². The molecule has 24 nitrogen and oxygen atoms in total. The highest BCUT2D eigenvalue weighted by Gasteiger charge is 2.58. The van der Waals surface area contributed by atoms with E-state index in [1.165, 1.54) is 12.7 Å². The van der Waals surface area contributed by atoms with Crippen molar-refractivity contribution in [3.63, 3.8) is 0 Å². The van der Waals surface area contributed by atoms with E-state index in [0.29, 0.717) is 32.1 Å². The lowest BCUT2D eigenvalue weighted by molar-refractivity contribution is -0.359. The maximum Gasteiger partial charge on any atom is 0.187 e. The number of aryl methyl sites for hydroxylation is 1. The summed E-state index contributed by atoms with van der Waals surface area (Å²) in [6, 6.07) is 1.94. The van der Waals surface area contributed by atoms with E-state index < -0.39 is 178 Å². The van der Waals surface area contributed by atoms with E-state index in [9.17, 15) is 35.4 Å². The molecule has 1 aromatic heterocycles. The Hall–Kier alpha value is -2.19. The number of fused-ring (bicyclic) bond motifs is 3. The van der Waals surface area contributed by atoms with Gasteiger partial charge in [-0.05, 0) is 98.0 Å². The molecule has 2 saturated carbocycles. The number of ether oxygens (including phenoxy) is 16. The predicted molar refractivity (Wildman–Crippen MR) is 295 cm³/mol. The minimum Gasteiger partial charge on any atom is -0.469 e. The fraction of sp³-hybridized carbons (Fsp3) is 0.885. The van der Waals surface area contributed by atoms with Gasteiger partial charge in [0, 0.05) is 72.0 Å². The summed E-state index contributed by atoms with van der Waals surface area (Å²) in [5.41, 5.74) is 1.31. The fourth-order valence-corrected chi connectivity index (χ4v) is 15.6. The zero-order chi connectivity index (χ0) is 61.0. The molecular weight excluding hydrogens is 1120 g/mol. The van der Waals surface area contributed by atoms with Gasteiger partial charge < -0.3 is 111 Å². The van der Waals surface area contributed by atoms with E-state index in [4.69, 9.17) is 80.2 Å². The molecule has 3 aliphatic carbocycles. The summed E-state index contributed by atoms with van der Waals surface area (Å²) in [6.07, 6.45) is -12.9. The van der Waals surface area contributed by atoms with Crippen molar-refractivity contribution in [2.75, 3.05) is 35.0 Å². The normalized spacial score (nSPS) is 49.8. The lowest BCUT2D eigenvalue weighted by Gasteiger charge is -2.55. The Morgan fingerprint density at radius 1 is 0.565 bits per heavy atom. The molecule has 484 valence electrons. The van der Waals surface area contributed by atoms with Gasteiger partial charge in [0.2, 0.25) is 0 Å². The Bertz CT molecular complexity index is 2360. The van der Waals surface area contributed by atoms with E-state index in [-0.39, 0.29) is 42.3 Å². The van der Waals surface area contributed by atoms with Crippen LogP contribution in [0, 0.1) is 24.2 Å². The maximum atomic E-state index is 14.3. The fourth-order valence-electron chi connectivity index (χ4n) is 15.6. The van der Waals surface area contributed by atoms with Crippen LogP contribution in [-0.2, 0) is 86.0 Å². The highest BCUT2D eigenvalue weighted by Crippen LogP contribution is 2.59. The van der Waals surface area contributed by atoms with E-state index in [1.807, 2.05) is 33.8 Å². The van der Waals surface area contributed by atoms with Gasteiger partial charge in [-0.2, -0.15) is 0 Å². The molecule has 0 spiro atoms. The van der Waals surface area contributed by atoms with Gasteiger partial charge in [-0.1, -0.05) is 18.6 Å². The molecule has 6 aliphatic heterocycles. The van der Waals surface area contributed by atoms with Crippen molar-refractivity contribution >= 4 is 5.78 Å². The van der Waals surface area contributed by atoms with Gasteiger partial charge in [0.1, 0.15) is 66.5 Å². The third-order valence-corrected chi connectivity index (χ3v) is 20.5. The predicted octanol–water partition coefficient (Wildman–Crippen LogP) is 3.14. The van der Waals surface area contributed by atoms with Gasteiger partial charge in [0.05, 0.1) is 91.5 Å². The Balaban J connectivity index is 0.674. The summed E-state index contributed by atoms with van der Waals surface area (Å²) in [5.74, 6) is 1.07. The van der Waals surface area contributed by atoms with E-state index in [0.717, 1.165) is 24.2 Å². The minimum absolute atomic E-state index is 0.0917. The van der Waals surface area contributed by atoms with Crippen molar-refractivity contribution in [2.24, 2.45) is 17.3 Å². The van der Waals surface area contributed by atoms with Crippen LogP contribution in [0.25, 0.3) is 0 Å². The number of Topliss-reactive ketones (excluding diaryl/α,β-unsaturated/α-hetero) is 1. The molecule has 8 fully saturated rings. The minimum atomic E-state index is -1.61. The molecule has 0 amide bonds. The van der Waals surface area contributed by atoms with Gasteiger partial charge in [-0.25, -0.2) is 0 Å². The zero-order valence-electron chi connectivity index (χ0n) is 51.3. The summed E-state index contributed by atoms with van der Waals surface area (Å²) >= 11 is 0. The molecule has 0 aromatic carbocycles. The summed E-state index contributed by atoms with van der Waals surface area (Å²) in [7, 11) is 6.32. The lowest BCUT2D eigenvalue weighted by Crippen LogP contribution is -2.62. The maximum absolute atomic E-state index is 14.3. The number of allylic oxidation sites excluding steroid dienone is 1. The van der Waals surface area contributed by atoms with Crippen molar-refractivity contribution in [1.29, 1.82) is 0 Å². The van der Waals surface area contributed by atoms with Gasteiger partial charge >= 0.3 is 0 Å².